The molecule has 1 aromatic heterocycles. The van der Waals surface area contributed by atoms with E-state index in [2.05, 4.69) is 79.8 Å². The standard InChI is InChI=1S/C21H25B2N/c1-12(2)7-15-5-6-17-18(11-15)19(22)21(23)24-20(17)16-9-13(3)8-14(4)10-16/h5-6,8-12H,7,22-23H2,1-4H3. The normalized spacial score (nSPS) is 11.4. The van der Waals surface area contributed by atoms with Gasteiger partial charge in [-0.05, 0) is 54.9 Å². The molecule has 0 amide bonds. The van der Waals surface area contributed by atoms with E-state index in [1.54, 1.807) is 0 Å². The van der Waals surface area contributed by atoms with Gasteiger partial charge in [0, 0.05) is 10.9 Å². The SMILES string of the molecule is Bc1nc(-c2cc(C)cc(C)c2)c2ccc(CC(C)C)cc2c1B. The van der Waals surface area contributed by atoms with Crippen molar-refractivity contribution < 1.29 is 0 Å². The molecule has 0 aliphatic carbocycles. The molecule has 0 radical (unpaired) electrons. The predicted octanol–water partition coefficient (Wildman–Crippen LogP) is 2.23. The summed E-state index contributed by atoms with van der Waals surface area (Å²) in [4.78, 5) is 4.94. The second kappa shape index (κ2) is 6.47. The van der Waals surface area contributed by atoms with E-state index >= 15 is 0 Å². The molecule has 0 aliphatic heterocycles. The van der Waals surface area contributed by atoms with E-state index in [1.165, 1.54) is 38.5 Å². The first-order valence-electron chi connectivity index (χ1n) is 8.83. The van der Waals surface area contributed by atoms with Crippen molar-refractivity contribution in [3.63, 3.8) is 0 Å². The topological polar surface area (TPSA) is 12.9 Å². The molecule has 1 heterocycles. The molecule has 0 spiro atoms. The summed E-state index contributed by atoms with van der Waals surface area (Å²) in [7, 11) is 4.31. The van der Waals surface area contributed by atoms with Gasteiger partial charge in [-0.25, -0.2) is 0 Å². The van der Waals surface area contributed by atoms with Crippen LogP contribution in [0.1, 0.15) is 30.5 Å². The average molecular weight is 313 g/mol. The zero-order chi connectivity index (χ0) is 17.4. The number of rotatable bonds is 3. The Bertz CT molecular complexity index is 893. The van der Waals surface area contributed by atoms with Crippen LogP contribution in [0.3, 0.4) is 0 Å². The second-order valence-corrected chi connectivity index (χ2v) is 7.53. The van der Waals surface area contributed by atoms with Crippen LogP contribution < -0.4 is 11.1 Å². The third kappa shape index (κ3) is 3.26. The zero-order valence-corrected chi connectivity index (χ0v) is 15.7. The Balaban J connectivity index is 2.27. The van der Waals surface area contributed by atoms with Gasteiger partial charge in [0.05, 0.1) is 5.69 Å². The lowest BCUT2D eigenvalue weighted by molar-refractivity contribution is 0.648. The zero-order valence-electron chi connectivity index (χ0n) is 15.7. The molecule has 0 atom stereocenters. The fourth-order valence-corrected chi connectivity index (χ4v) is 3.54. The molecule has 2 aromatic carbocycles. The number of fused-ring (bicyclic) bond motifs is 1. The van der Waals surface area contributed by atoms with Crippen LogP contribution in [0.5, 0.6) is 0 Å². The lowest BCUT2D eigenvalue weighted by Crippen LogP contribution is -2.30. The van der Waals surface area contributed by atoms with Crippen LogP contribution in [0.4, 0.5) is 0 Å². The van der Waals surface area contributed by atoms with Gasteiger partial charge in [-0.3, -0.25) is 4.98 Å². The molecular weight excluding hydrogens is 288 g/mol. The Morgan fingerprint density at radius 2 is 1.58 bits per heavy atom. The molecular formula is C21H25B2N. The van der Waals surface area contributed by atoms with Gasteiger partial charge in [-0.2, -0.15) is 0 Å². The predicted molar refractivity (Wildman–Crippen MR) is 112 cm³/mol. The fraction of sp³-hybridized carbons (Fsp3) is 0.286. The van der Waals surface area contributed by atoms with Gasteiger partial charge in [0.15, 0.2) is 7.85 Å². The van der Waals surface area contributed by atoms with Gasteiger partial charge in [0.25, 0.3) is 0 Å². The first-order chi connectivity index (χ1) is 11.3. The quantitative estimate of drug-likeness (QED) is 0.676. The number of nitrogens with zero attached hydrogens (tertiary/aromatic N) is 1. The Labute approximate surface area is 147 Å². The summed E-state index contributed by atoms with van der Waals surface area (Å²) in [6.07, 6.45) is 1.12. The van der Waals surface area contributed by atoms with E-state index < -0.39 is 0 Å². The van der Waals surface area contributed by atoms with E-state index in [-0.39, 0.29) is 0 Å². The van der Waals surface area contributed by atoms with Gasteiger partial charge in [-0.1, -0.05) is 54.7 Å². The van der Waals surface area contributed by atoms with Crippen molar-refractivity contribution in [2.24, 2.45) is 5.92 Å². The molecule has 0 bridgehead atoms. The average Bonchev–Trinajstić information content (AvgIpc) is 2.49. The first kappa shape index (κ1) is 16.8. The summed E-state index contributed by atoms with van der Waals surface area (Å²) >= 11 is 0. The third-order valence-electron chi connectivity index (χ3n) is 4.70. The molecule has 0 N–H and O–H groups in total. The van der Waals surface area contributed by atoms with Crippen LogP contribution in [0.25, 0.3) is 22.0 Å². The summed E-state index contributed by atoms with van der Waals surface area (Å²) < 4.78 is 0. The van der Waals surface area contributed by atoms with Gasteiger partial charge in [0.1, 0.15) is 7.85 Å². The highest BCUT2D eigenvalue weighted by molar-refractivity contribution is 6.52. The molecule has 3 rings (SSSR count). The highest BCUT2D eigenvalue weighted by Crippen LogP contribution is 2.27. The Hall–Kier alpha value is -2.02. The first-order valence-corrected chi connectivity index (χ1v) is 8.83. The summed E-state index contributed by atoms with van der Waals surface area (Å²) in [5.41, 5.74) is 8.73. The number of benzene rings is 2. The second-order valence-electron chi connectivity index (χ2n) is 7.53. The van der Waals surface area contributed by atoms with Crippen molar-refractivity contribution in [3.05, 3.63) is 53.1 Å². The molecule has 3 aromatic rings. The molecule has 1 nitrogen and oxygen atoms in total. The van der Waals surface area contributed by atoms with E-state index in [1.807, 2.05) is 0 Å². The number of aryl methyl sites for hydroxylation is 2. The maximum atomic E-state index is 4.94. The van der Waals surface area contributed by atoms with E-state index in [9.17, 15) is 0 Å². The van der Waals surface area contributed by atoms with Crippen molar-refractivity contribution in [2.75, 3.05) is 0 Å². The smallest absolute Gasteiger partial charge is 0.163 e. The van der Waals surface area contributed by atoms with E-state index in [0.29, 0.717) is 5.92 Å². The highest BCUT2D eigenvalue weighted by atomic mass is 14.7. The van der Waals surface area contributed by atoms with Crippen LogP contribution >= 0.6 is 0 Å². The maximum absolute atomic E-state index is 4.94. The van der Waals surface area contributed by atoms with Gasteiger partial charge >= 0.3 is 0 Å². The molecule has 0 unspecified atom stereocenters. The Kier molecular flexibility index (Phi) is 4.54. The fourth-order valence-electron chi connectivity index (χ4n) is 3.54. The highest BCUT2D eigenvalue weighted by Gasteiger charge is 2.12. The minimum Gasteiger partial charge on any atom is -0.264 e. The number of pyridine rings is 1. The largest absolute Gasteiger partial charge is 0.264 e. The van der Waals surface area contributed by atoms with E-state index in [4.69, 9.17) is 4.98 Å². The molecule has 0 aliphatic rings. The van der Waals surface area contributed by atoms with Crippen molar-refractivity contribution in [1.82, 2.24) is 4.98 Å². The minimum absolute atomic E-state index is 0.671. The van der Waals surface area contributed by atoms with Gasteiger partial charge in [0.2, 0.25) is 0 Å². The molecule has 0 fully saturated rings. The molecule has 24 heavy (non-hydrogen) atoms. The minimum atomic E-state index is 0.671. The van der Waals surface area contributed by atoms with Crippen LogP contribution in [-0.4, -0.2) is 20.7 Å². The molecule has 0 saturated carbocycles. The Morgan fingerprint density at radius 3 is 2.21 bits per heavy atom. The third-order valence-corrected chi connectivity index (χ3v) is 4.70. The summed E-state index contributed by atoms with van der Waals surface area (Å²) in [5, 5.41) is 2.60. The molecule has 3 heteroatoms. The summed E-state index contributed by atoms with van der Waals surface area (Å²) in [6.45, 7) is 8.85. The lowest BCUT2D eigenvalue weighted by Gasteiger charge is -2.15. The van der Waals surface area contributed by atoms with Crippen LogP contribution in [0, 0.1) is 19.8 Å². The van der Waals surface area contributed by atoms with Crippen LogP contribution in [0.2, 0.25) is 0 Å². The Morgan fingerprint density at radius 1 is 0.917 bits per heavy atom. The van der Waals surface area contributed by atoms with Crippen molar-refractivity contribution in [2.45, 2.75) is 34.1 Å². The van der Waals surface area contributed by atoms with Crippen LogP contribution in [-0.2, 0) is 6.42 Å². The monoisotopic (exact) mass is 313 g/mol. The molecule has 0 saturated heterocycles. The maximum Gasteiger partial charge on any atom is 0.163 e. The van der Waals surface area contributed by atoms with Gasteiger partial charge in [-0.15, -0.1) is 0 Å². The van der Waals surface area contributed by atoms with Crippen molar-refractivity contribution in [1.29, 1.82) is 0 Å². The van der Waals surface area contributed by atoms with Crippen molar-refractivity contribution >= 4 is 37.5 Å². The van der Waals surface area contributed by atoms with Gasteiger partial charge < -0.3 is 0 Å². The molecule has 120 valence electrons. The number of hydrogen-bond donors (Lipinski definition) is 0. The van der Waals surface area contributed by atoms with E-state index in [0.717, 1.165) is 17.7 Å². The van der Waals surface area contributed by atoms with Crippen LogP contribution in [0.15, 0.2) is 36.4 Å². The number of aromatic nitrogens is 1. The lowest BCUT2D eigenvalue weighted by atomic mass is 9.80. The van der Waals surface area contributed by atoms with Crippen molar-refractivity contribution in [3.8, 4) is 11.3 Å². The number of hydrogen-bond acceptors (Lipinski definition) is 1. The summed E-state index contributed by atoms with van der Waals surface area (Å²) in [5.74, 6) is 0.671. The summed E-state index contributed by atoms with van der Waals surface area (Å²) in [6, 6.07) is 13.6.